The molecule has 2 aliphatic rings. The molecule has 0 spiro atoms. The van der Waals surface area contributed by atoms with E-state index in [-0.39, 0.29) is 18.4 Å². The van der Waals surface area contributed by atoms with Crippen LogP contribution in [0.5, 0.6) is 11.5 Å². The number of methoxy groups -OCH3 is 2. The molecule has 164 valence electrons. The summed E-state index contributed by atoms with van der Waals surface area (Å²) in [6.45, 7) is 2.19. The van der Waals surface area contributed by atoms with Crippen LogP contribution in [0.15, 0.2) is 47.6 Å². The normalized spacial score (nSPS) is 20.6. The van der Waals surface area contributed by atoms with Crippen molar-refractivity contribution in [3.8, 4) is 11.5 Å². The number of aromatic amines is 1. The standard InChI is InChI=1S/C24H24N4O4/c1-24-22-18(17-6-4-5-7-19(17)26-22)10-11-27(24)21(29)14-28(23(24)30)25-13-15-12-16(31-2)8-9-20(15)32-3/h4-9,12-13,26H,10-11,14H2,1-3H3/b25-13+/t24-/m1/s1. The molecule has 0 unspecified atom stereocenters. The fourth-order valence-electron chi connectivity index (χ4n) is 4.76. The van der Waals surface area contributed by atoms with Gasteiger partial charge < -0.3 is 19.4 Å². The molecule has 5 rings (SSSR count). The summed E-state index contributed by atoms with van der Waals surface area (Å²) in [4.78, 5) is 31.8. The lowest BCUT2D eigenvalue weighted by molar-refractivity contribution is -0.165. The average Bonchev–Trinajstić information content (AvgIpc) is 3.20. The van der Waals surface area contributed by atoms with Crippen LogP contribution in [0, 0.1) is 0 Å². The number of hydrogen-bond acceptors (Lipinski definition) is 5. The van der Waals surface area contributed by atoms with Crippen LogP contribution < -0.4 is 9.47 Å². The highest BCUT2D eigenvalue weighted by Crippen LogP contribution is 2.42. The molecule has 2 aliphatic heterocycles. The van der Waals surface area contributed by atoms with Crippen LogP contribution in [0.4, 0.5) is 0 Å². The van der Waals surface area contributed by atoms with E-state index in [1.54, 1.807) is 44.2 Å². The molecule has 3 aromatic rings. The van der Waals surface area contributed by atoms with Crippen molar-refractivity contribution < 1.29 is 19.1 Å². The number of piperazine rings is 1. The number of carbonyl (C=O) groups excluding carboxylic acids is 2. The number of carbonyl (C=O) groups is 2. The predicted molar refractivity (Wildman–Crippen MR) is 120 cm³/mol. The highest BCUT2D eigenvalue weighted by molar-refractivity contribution is 6.01. The first-order valence-corrected chi connectivity index (χ1v) is 10.5. The molecular weight excluding hydrogens is 408 g/mol. The van der Waals surface area contributed by atoms with E-state index < -0.39 is 5.54 Å². The lowest BCUT2D eigenvalue weighted by atomic mass is 9.83. The van der Waals surface area contributed by atoms with Gasteiger partial charge in [-0.15, -0.1) is 0 Å². The molecule has 0 saturated carbocycles. The molecule has 8 heteroatoms. The molecular formula is C24H24N4O4. The number of para-hydroxylation sites is 1. The Hall–Kier alpha value is -3.81. The molecule has 0 bridgehead atoms. The van der Waals surface area contributed by atoms with Crippen LogP contribution in [-0.2, 0) is 21.5 Å². The fourth-order valence-corrected chi connectivity index (χ4v) is 4.76. The summed E-state index contributed by atoms with van der Waals surface area (Å²) in [6.07, 6.45) is 2.23. The van der Waals surface area contributed by atoms with Crippen molar-refractivity contribution >= 4 is 28.9 Å². The molecule has 1 atom stereocenters. The van der Waals surface area contributed by atoms with Crippen molar-refractivity contribution in [1.82, 2.24) is 14.9 Å². The monoisotopic (exact) mass is 432 g/mol. The summed E-state index contributed by atoms with van der Waals surface area (Å²) in [5.41, 5.74) is 2.32. The van der Waals surface area contributed by atoms with Crippen LogP contribution in [0.25, 0.3) is 10.9 Å². The molecule has 1 fully saturated rings. The molecule has 1 aromatic heterocycles. The lowest BCUT2D eigenvalue weighted by Gasteiger charge is -2.48. The maximum atomic E-state index is 13.7. The van der Waals surface area contributed by atoms with Gasteiger partial charge >= 0.3 is 0 Å². The van der Waals surface area contributed by atoms with Crippen LogP contribution >= 0.6 is 0 Å². The van der Waals surface area contributed by atoms with Crippen LogP contribution in [0.2, 0.25) is 0 Å². The van der Waals surface area contributed by atoms with E-state index in [9.17, 15) is 9.59 Å². The number of benzene rings is 2. The largest absolute Gasteiger partial charge is 0.497 e. The molecule has 1 N–H and O–H groups in total. The van der Waals surface area contributed by atoms with Gasteiger partial charge in [0.25, 0.3) is 5.91 Å². The average molecular weight is 432 g/mol. The van der Waals surface area contributed by atoms with Crippen molar-refractivity contribution in [3.63, 3.8) is 0 Å². The molecule has 0 aliphatic carbocycles. The van der Waals surface area contributed by atoms with E-state index in [0.717, 1.165) is 22.2 Å². The number of nitrogens with one attached hydrogen (secondary N) is 1. The predicted octanol–water partition coefficient (Wildman–Crippen LogP) is 2.66. The minimum atomic E-state index is -1.14. The smallest absolute Gasteiger partial charge is 0.275 e. The molecule has 8 nitrogen and oxygen atoms in total. The molecule has 32 heavy (non-hydrogen) atoms. The number of H-pyrrole nitrogens is 1. The van der Waals surface area contributed by atoms with Crippen LogP contribution in [0.3, 0.4) is 0 Å². The zero-order chi connectivity index (χ0) is 22.5. The van der Waals surface area contributed by atoms with E-state index >= 15 is 0 Å². The highest BCUT2D eigenvalue weighted by atomic mass is 16.5. The van der Waals surface area contributed by atoms with Gasteiger partial charge in [-0.2, -0.15) is 5.10 Å². The summed E-state index contributed by atoms with van der Waals surface area (Å²) >= 11 is 0. The number of hydrogen-bond donors (Lipinski definition) is 1. The van der Waals surface area contributed by atoms with Gasteiger partial charge in [0.2, 0.25) is 5.91 Å². The third-order valence-corrected chi connectivity index (χ3v) is 6.44. The second-order valence-electron chi connectivity index (χ2n) is 8.11. The zero-order valence-electron chi connectivity index (χ0n) is 18.2. The Kier molecular flexibility index (Phi) is 4.65. The third kappa shape index (κ3) is 2.86. The maximum Gasteiger partial charge on any atom is 0.275 e. The number of fused-ring (bicyclic) bond motifs is 5. The lowest BCUT2D eigenvalue weighted by Crippen LogP contribution is -2.65. The Morgan fingerprint density at radius 3 is 2.72 bits per heavy atom. The summed E-state index contributed by atoms with van der Waals surface area (Å²) in [5.74, 6) is 0.851. The van der Waals surface area contributed by atoms with Crippen molar-refractivity contribution in [2.75, 3.05) is 27.3 Å². The van der Waals surface area contributed by atoms with Gasteiger partial charge in [0.05, 0.1) is 26.1 Å². The number of ether oxygens (including phenoxy) is 2. The van der Waals surface area contributed by atoms with E-state index in [1.807, 2.05) is 24.3 Å². The Bertz CT molecular complexity index is 1260. The molecule has 0 radical (unpaired) electrons. The van der Waals surface area contributed by atoms with Crippen molar-refractivity contribution in [3.05, 3.63) is 59.3 Å². The molecule has 3 heterocycles. The Balaban J connectivity index is 1.55. The third-order valence-electron chi connectivity index (χ3n) is 6.44. The summed E-state index contributed by atoms with van der Waals surface area (Å²) in [5, 5.41) is 6.73. The Morgan fingerprint density at radius 2 is 1.94 bits per heavy atom. The van der Waals surface area contributed by atoms with Gasteiger partial charge in [-0.05, 0) is 43.2 Å². The fraction of sp³-hybridized carbons (Fsp3) is 0.292. The Labute approximate surface area is 185 Å². The second-order valence-corrected chi connectivity index (χ2v) is 8.11. The number of nitrogens with zero attached hydrogens (tertiary/aromatic N) is 3. The quantitative estimate of drug-likeness (QED) is 0.642. The van der Waals surface area contributed by atoms with Crippen molar-refractivity contribution in [2.24, 2.45) is 5.10 Å². The summed E-state index contributed by atoms with van der Waals surface area (Å²) in [6, 6.07) is 13.3. The van der Waals surface area contributed by atoms with Gasteiger partial charge in [-0.25, -0.2) is 5.01 Å². The van der Waals surface area contributed by atoms with Crippen molar-refractivity contribution in [1.29, 1.82) is 0 Å². The number of rotatable bonds is 4. The van der Waals surface area contributed by atoms with Gasteiger partial charge in [0.15, 0.2) is 5.54 Å². The van der Waals surface area contributed by atoms with Crippen LogP contribution in [0.1, 0.15) is 23.7 Å². The number of hydrazone groups is 1. The van der Waals surface area contributed by atoms with E-state index in [0.29, 0.717) is 30.0 Å². The van der Waals surface area contributed by atoms with Gasteiger partial charge in [0.1, 0.15) is 18.0 Å². The maximum absolute atomic E-state index is 13.7. The highest BCUT2D eigenvalue weighted by Gasteiger charge is 2.54. The van der Waals surface area contributed by atoms with Gasteiger partial charge in [-0.3, -0.25) is 9.59 Å². The minimum Gasteiger partial charge on any atom is -0.497 e. The zero-order valence-corrected chi connectivity index (χ0v) is 18.2. The van der Waals surface area contributed by atoms with Gasteiger partial charge in [-0.1, -0.05) is 18.2 Å². The topological polar surface area (TPSA) is 87.2 Å². The minimum absolute atomic E-state index is 0.104. The van der Waals surface area contributed by atoms with E-state index in [1.165, 1.54) is 11.2 Å². The second kappa shape index (κ2) is 7.40. The SMILES string of the molecule is COc1ccc(OC)c(/C=N/N2CC(=O)N3CCc4c([nH]c5ccccc45)[C@]3(C)C2=O)c1. The molecule has 2 amide bonds. The van der Waals surface area contributed by atoms with E-state index in [2.05, 4.69) is 10.1 Å². The number of aromatic nitrogens is 1. The first-order valence-electron chi connectivity index (χ1n) is 10.5. The number of amides is 2. The first-order chi connectivity index (χ1) is 15.5. The summed E-state index contributed by atoms with van der Waals surface area (Å²) < 4.78 is 10.7. The van der Waals surface area contributed by atoms with E-state index in [4.69, 9.17) is 9.47 Å². The van der Waals surface area contributed by atoms with Crippen LogP contribution in [-0.4, -0.2) is 60.2 Å². The van der Waals surface area contributed by atoms with Gasteiger partial charge in [0, 0.05) is 23.0 Å². The van der Waals surface area contributed by atoms with Crippen molar-refractivity contribution in [2.45, 2.75) is 18.9 Å². The Morgan fingerprint density at radius 1 is 1.12 bits per heavy atom. The molecule has 2 aromatic carbocycles. The summed E-state index contributed by atoms with van der Waals surface area (Å²) in [7, 11) is 3.14. The first kappa shape index (κ1) is 20.1. The molecule has 1 saturated heterocycles.